The van der Waals surface area contributed by atoms with Crippen LogP contribution < -0.4 is 0 Å². The van der Waals surface area contributed by atoms with Crippen molar-refractivity contribution >= 4 is 0 Å². The number of hydrogen-bond donors (Lipinski definition) is 0. The van der Waals surface area contributed by atoms with Gasteiger partial charge in [0.25, 0.3) is 0 Å². The van der Waals surface area contributed by atoms with Gasteiger partial charge >= 0.3 is 0 Å². The lowest BCUT2D eigenvalue weighted by Gasteiger charge is -2.70. The SMILES string of the molecule is C[C@H]1CC[C@]2(C)[C@H]3CC=C4[C@]5(C)CC(C)(C)CC[C@]5(C)CC[C@@]4(C)[C@@H]3CC[C@H]2C1(C)C. The van der Waals surface area contributed by atoms with E-state index in [1.54, 1.807) is 0 Å². The van der Waals surface area contributed by atoms with Crippen LogP contribution >= 0.6 is 0 Å². The van der Waals surface area contributed by atoms with E-state index in [4.69, 9.17) is 0 Å². The summed E-state index contributed by atoms with van der Waals surface area (Å²) in [6, 6.07) is 0. The number of rotatable bonds is 0. The van der Waals surface area contributed by atoms with Crippen LogP contribution in [0, 0.1) is 56.2 Å². The summed E-state index contributed by atoms with van der Waals surface area (Å²) in [5.74, 6) is 3.63. The third-order valence-electron chi connectivity index (χ3n) is 13.5. The zero-order chi connectivity index (χ0) is 22.7. The standard InChI is InChI=1S/C31H52/c1-21-14-15-29(7)22-11-13-25-30(8,23(22)10-12-24(29)27(21,4)5)19-18-28(6)17-16-26(2,3)20-31(25,28)9/h13,21-24H,10-12,14-20H2,1-9H3/t21-,22-,23+,24-,28+,29+,30-,31-/m0/s1. The number of fused-ring (bicyclic) bond motifs is 7. The Kier molecular flexibility index (Phi) is 4.68. The molecule has 4 fully saturated rings. The van der Waals surface area contributed by atoms with Crippen molar-refractivity contribution in [2.45, 2.75) is 127 Å². The van der Waals surface area contributed by atoms with Crippen LogP contribution in [-0.4, -0.2) is 0 Å². The fraction of sp³-hybridized carbons (Fsp3) is 0.935. The molecule has 0 nitrogen and oxygen atoms in total. The maximum atomic E-state index is 2.86. The van der Waals surface area contributed by atoms with E-state index < -0.39 is 0 Å². The molecule has 0 heterocycles. The van der Waals surface area contributed by atoms with Gasteiger partial charge < -0.3 is 0 Å². The van der Waals surface area contributed by atoms with E-state index in [0.717, 1.165) is 23.7 Å². The lowest BCUT2D eigenvalue weighted by molar-refractivity contribution is -0.158. The fourth-order valence-corrected chi connectivity index (χ4v) is 11.0. The van der Waals surface area contributed by atoms with E-state index in [-0.39, 0.29) is 0 Å². The average Bonchev–Trinajstić information content (AvgIpc) is 2.67. The van der Waals surface area contributed by atoms with Gasteiger partial charge in [0.1, 0.15) is 0 Å². The van der Waals surface area contributed by atoms with E-state index in [2.05, 4.69) is 68.4 Å². The van der Waals surface area contributed by atoms with Crippen LogP contribution in [0.15, 0.2) is 11.6 Å². The van der Waals surface area contributed by atoms with Crippen LogP contribution in [0.5, 0.6) is 0 Å². The van der Waals surface area contributed by atoms with Crippen LogP contribution in [0.25, 0.3) is 0 Å². The second-order valence-corrected chi connectivity index (χ2v) is 15.6. The van der Waals surface area contributed by atoms with Crippen molar-refractivity contribution in [3.8, 4) is 0 Å². The monoisotopic (exact) mass is 424 g/mol. The van der Waals surface area contributed by atoms with Gasteiger partial charge in [-0.3, -0.25) is 0 Å². The summed E-state index contributed by atoms with van der Waals surface area (Å²) in [4.78, 5) is 0. The lowest BCUT2D eigenvalue weighted by atomic mass is 9.35. The quantitative estimate of drug-likeness (QED) is 0.340. The van der Waals surface area contributed by atoms with Crippen molar-refractivity contribution in [2.75, 3.05) is 0 Å². The highest BCUT2D eigenvalue weighted by molar-refractivity contribution is 5.34. The largest absolute Gasteiger partial charge is 0.0839 e. The van der Waals surface area contributed by atoms with Gasteiger partial charge in [0.05, 0.1) is 0 Å². The topological polar surface area (TPSA) is 0 Å². The van der Waals surface area contributed by atoms with Crippen molar-refractivity contribution in [1.82, 2.24) is 0 Å². The van der Waals surface area contributed by atoms with Crippen LogP contribution in [-0.2, 0) is 0 Å². The highest BCUT2D eigenvalue weighted by Crippen LogP contribution is 2.75. The Morgan fingerprint density at radius 2 is 1.42 bits per heavy atom. The second-order valence-electron chi connectivity index (χ2n) is 15.6. The molecule has 0 heteroatoms. The van der Waals surface area contributed by atoms with Crippen molar-refractivity contribution in [3.63, 3.8) is 0 Å². The molecule has 0 aromatic carbocycles. The summed E-state index contributed by atoms with van der Waals surface area (Å²) >= 11 is 0. The van der Waals surface area contributed by atoms with Crippen molar-refractivity contribution in [1.29, 1.82) is 0 Å². The first kappa shape index (κ1) is 22.5. The Bertz CT molecular complexity index is 784. The molecule has 0 amide bonds. The summed E-state index contributed by atoms with van der Waals surface area (Å²) in [6.45, 7) is 23.7. The minimum atomic E-state index is 0.408. The molecule has 31 heavy (non-hydrogen) atoms. The predicted molar refractivity (Wildman–Crippen MR) is 134 cm³/mol. The molecule has 0 radical (unpaired) electrons. The molecule has 0 unspecified atom stereocenters. The van der Waals surface area contributed by atoms with E-state index in [1.165, 1.54) is 64.2 Å². The van der Waals surface area contributed by atoms with E-state index >= 15 is 0 Å². The highest BCUT2D eigenvalue weighted by Gasteiger charge is 2.65. The first-order chi connectivity index (χ1) is 14.2. The molecule has 5 rings (SSSR count). The maximum absolute atomic E-state index is 2.86. The van der Waals surface area contributed by atoms with Crippen LogP contribution in [0.1, 0.15) is 127 Å². The summed E-state index contributed by atoms with van der Waals surface area (Å²) in [7, 11) is 0. The Morgan fingerprint density at radius 1 is 0.742 bits per heavy atom. The zero-order valence-corrected chi connectivity index (χ0v) is 22.5. The predicted octanol–water partition coefficient (Wildman–Crippen LogP) is 9.44. The normalized spacial score (nSPS) is 55.2. The summed E-state index contributed by atoms with van der Waals surface area (Å²) < 4.78 is 0. The zero-order valence-electron chi connectivity index (χ0n) is 22.5. The highest BCUT2D eigenvalue weighted by atomic mass is 14.7. The third-order valence-corrected chi connectivity index (χ3v) is 13.5. The van der Waals surface area contributed by atoms with Crippen LogP contribution in [0.3, 0.4) is 0 Å². The molecule has 0 aliphatic heterocycles. The van der Waals surface area contributed by atoms with Gasteiger partial charge in [0, 0.05) is 0 Å². The molecule has 0 spiro atoms. The number of allylic oxidation sites excluding steroid dienone is 2. The van der Waals surface area contributed by atoms with E-state index in [0.29, 0.717) is 32.5 Å². The Hall–Kier alpha value is -0.260. The van der Waals surface area contributed by atoms with Crippen LogP contribution in [0.4, 0.5) is 0 Å². The average molecular weight is 425 g/mol. The van der Waals surface area contributed by atoms with Crippen LogP contribution in [0.2, 0.25) is 0 Å². The van der Waals surface area contributed by atoms with Crippen molar-refractivity contribution in [3.05, 3.63) is 11.6 Å². The van der Waals surface area contributed by atoms with Gasteiger partial charge in [-0.1, -0.05) is 74.0 Å². The molecule has 0 aromatic rings. The minimum absolute atomic E-state index is 0.408. The first-order valence-electron chi connectivity index (χ1n) is 13.9. The molecule has 0 bridgehead atoms. The smallest absolute Gasteiger partial charge is 0.00520 e. The molecule has 0 saturated heterocycles. The van der Waals surface area contributed by atoms with Gasteiger partial charge in [0.2, 0.25) is 0 Å². The van der Waals surface area contributed by atoms with Gasteiger partial charge in [-0.2, -0.15) is 0 Å². The summed E-state index contributed by atoms with van der Waals surface area (Å²) in [5.41, 5.74) is 4.86. The lowest BCUT2D eigenvalue weighted by Crippen LogP contribution is -2.61. The van der Waals surface area contributed by atoms with Gasteiger partial charge in [-0.25, -0.2) is 0 Å². The van der Waals surface area contributed by atoms with Crippen molar-refractivity contribution in [2.24, 2.45) is 56.2 Å². The fourth-order valence-electron chi connectivity index (χ4n) is 11.0. The molecule has 176 valence electrons. The second kappa shape index (κ2) is 6.44. The molecule has 0 N–H and O–H groups in total. The molecule has 5 aliphatic carbocycles. The van der Waals surface area contributed by atoms with Gasteiger partial charge in [-0.05, 0) is 120 Å². The summed E-state index contributed by atoms with van der Waals surface area (Å²) in [5, 5.41) is 0. The Labute approximate surface area is 194 Å². The Morgan fingerprint density at radius 3 is 2.13 bits per heavy atom. The molecule has 5 aliphatic rings. The van der Waals surface area contributed by atoms with Gasteiger partial charge in [0.15, 0.2) is 0 Å². The maximum Gasteiger partial charge on any atom is -0.00520 e. The Balaban J connectivity index is 1.56. The van der Waals surface area contributed by atoms with E-state index in [1.807, 2.05) is 5.57 Å². The molecule has 4 saturated carbocycles. The first-order valence-corrected chi connectivity index (χ1v) is 13.9. The number of hydrogen-bond acceptors (Lipinski definition) is 0. The molecular formula is C31H52. The summed E-state index contributed by atoms with van der Waals surface area (Å²) in [6.07, 6.45) is 17.3. The minimum Gasteiger partial charge on any atom is -0.0839 e. The third kappa shape index (κ3) is 2.78. The molecule has 0 aromatic heterocycles. The molecule has 8 atom stereocenters. The van der Waals surface area contributed by atoms with Gasteiger partial charge in [-0.15, -0.1) is 0 Å². The van der Waals surface area contributed by atoms with Crippen molar-refractivity contribution < 1.29 is 0 Å². The van der Waals surface area contributed by atoms with E-state index in [9.17, 15) is 0 Å². The molecular weight excluding hydrogens is 372 g/mol.